The number of hydrogen-bond donors (Lipinski definition) is 2. The third-order valence-electron chi connectivity index (χ3n) is 3.38. The zero-order chi connectivity index (χ0) is 13.0. The van der Waals surface area contributed by atoms with E-state index in [-0.39, 0.29) is 0 Å². The molecule has 0 aromatic carbocycles. The van der Waals surface area contributed by atoms with Gasteiger partial charge in [0, 0.05) is 25.5 Å². The van der Waals surface area contributed by atoms with Crippen LogP contribution in [0.5, 0.6) is 0 Å². The lowest BCUT2D eigenvalue weighted by atomic mass is 9.97. The zero-order valence-electron chi connectivity index (χ0n) is 10.6. The molecule has 98 valence electrons. The first kappa shape index (κ1) is 12.8. The fourth-order valence-electron chi connectivity index (χ4n) is 2.57. The second-order valence-corrected chi connectivity index (χ2v) is 4.71. The average molecular weight is 249 g/mol. The Morgan fingerprint density at radius 1 is 1.67 bits per heavy atom. The van der Waals surface area contributed by atoms with Crippen molar-refractivity contribution in [1.82, 2.24) is 10.3 Å². The predicted octanol–water partition coefficient (Wildman–Crippen LogP) is 1.22. The highest BCUT2D eigenvalue weighted by Crippen LogP contribution is 2.25. The van der Waals surface area contributed by atoms with Gasteiger partial charge in [-0.25, -0.2) is 4.79 Å². The number of aromatic carboxylic acids is 1. The number of nitrogens with zero attached hydrogens (tertiary/aromatic N) is 2. The second kappa shape index (κ2) is 5.82. The van der Waals surface area contributed by atoms with Crippen molar-refractivity contribution in [2.75, 3.05) is 31.6 Å². The van der Waals surface area contributed by atoms with Gasteiger partial charge in [0.1, 0.15) is 5.56 Å². The van der Waals surface area contributed by atoms with Gasteiger partial charge in [-0.1, -0.05) is 0 Å². The summed E-state index contributed by atoms with van der Waals surface area (Å²) in [4.78, 5) is 17.3. The maximum atomic E-state index is 11.2. The molecule has 0 bridgehead atoms. The Morgan fingerprint density at radius 3 is 3.22 bits per heavy atom. The molecule has 0 amide bonds. The Kier molecular flexibility index (Phi) is 4.15. The molecular formula is C13H19N3O2. The van der Waals surface area contributed by atoms with Crippen LogP contribution < -0.4 is 10.2 Å². The van der Waals surface area contributed by atoms with Gasteiger partial charge in [0.2, 0.25) is 0 Å². The molecule has 2 N–H and O–H groups in total. The lowest BCUT2D eigenvalue weighted by molar-refractivity contribution is 0.0697. The topological polar surface area (TPSA) is 65.5 Å². The van der Waals surface area contributed by atoms with Gasteiger partial charge in [0.15, 0.2) is 0 Å². The van der Waals surface area contributed by atoms with Gasteiger partial charge in [-0.15, -0.1) is 0 Å². The van der Waals surface area contributed by atoms with Gasteiger partial charge in [0.25, 0.3) is 0 Å². The second-order valence-electron chi connectivity index (χ2n) is 4.71. The van der Waals surface area contributed by atoms with E-state index in [9.17, 15) is 9.90 Å². The van der Waals surface area contributed by atoms with Gasteiger partial charge < -0.3 is 15.3 Å². The number of anilines is 1. The predicted molar refractivity (Wildman–Crippen MR) is 70.1 cm³/mol. The first-order valence-corrected chi connectivity index (χ1v) is 6.29. The summed E-state index contributed by atoms with van der Waals surface area (Å²) in [5.41, 5.74) is 1.08. The summed E-state index contributed by atoms with van der Waals surface area (Å²) >= 11 is 0. The Balaban J connectivity index is 2.18. The molecular weight excluding hydrogens is 230 g/mol. The van der Waals surface area contributed by atoms with Crippen LogP contribution in [0.15, 0.2) is 18.5 Å². The number of carboxylic acids is 1. The van der Waals surface area contributed by atoms with Crippen molar-refractivity contribution < 1.29 is 9.90 Å². The first-order valence-electron chi connectivity index (χ1n) is 6.29. The van der Waals surface area contributed by atoms with Gasteiger partial charge in [0.05, 0.1) is 5.69 Å². The quantitative estimate of drug-likeness (QED) is 0.840. The fourth-order valence-corrected chi connectivity index (χ4v) is 2.57. The Hall–Kier alpha value is -1.62. The van der Waals surface area contributed by atoms with E-state index in [0.29, 0.717) is 11.5 Å². The highest BCUT2D eigenvalue weighted by molar-refractivity contribution is 5.94. The SMILES string of the molecule is CNCC1CCCN(c2ccncc2C(=O)O)C1. The van der Waals surface area contributed by atoms with Crippen LogP contribution >= 0.6 is 0 Å². The van der Waals surface area contributed by atoms with E-state index in [0.717, 1.165) is 31.7 Å². The van der Waals surface area contributed by atoms with E-state index in [1.54, 1.807) is 12.3 Å². The highest BCUT2D eigenvalue weighted by Gasteiger charge is 2.22. The van der Waals surface area contributed by atoms with E-state index in [4.69, 9.17) is 0 Å². The van der Waals surface area contributed by atoms with Crippen molar-refractivity contribution in [3.05, 3.63) is 24.0 Å². The molecule has 18 heavy (non-hydrogen) atoms. The van der Waals surface area contributed by atoms with Gasteiger partial charge >= 0.3 is 5.97 Å². The molecule has 0 spiro atoms. The molecule has 5 heteroatoms. The third kappa shape index (κ3) is 2.79. The number of carbonyl (C=O) groups is 1. The van der Waals surface area contributed by atoms with Crippen molar-refractivity contribution in [1.29, 1.82) is 0 Å². The molecule has 0 aliphatic carbocycles. The fraction of sp³-hybridized carbons (Fsp3) is 0.538. The summed E-state index contributed by atoms with van der Waals surface area (Å²) in [6.07, 6.45) is 5.39. The summed E-state index contributed by atoms with van der Waals surface area (Å²) in [5, 5.41) is 12.4. The van der Waals surface area contributed by atoms with Gasteiger partial charge in [-0.3, -0.25) is 4.98 Å². The number of aromatic nitrogens is 1. The van der Waals surface area contributed by atoms with E-state index in [1.165, 1.54) is 12.6 Å². The summed E-state index contributed by atoms with van der Waals surface area (Å²) in [6, 6.07) is 1.80. The van der Waals surface area contributed by atoms with Crippen LogP contribution in [0, 0.1) is 5.92 Å². The average Bonchev–Trinajstić information content (AvgIpc) is 2.39. The molecule has 1 aliphatic rings. The smallest absolute Gasteiger partial charge is 0.339 e. The maximum absolute atomic E-state index is 11.2. The standard InChI is InChI=1S/C13H19N3O2/c1-14-7-10-3-2-6-16(9-10)12-4-5-15-8-11(12)13(17)18/h4-5,8,10,14H,2-3,6-7,9H2,1H3,(H,17,18). The Morgan fingerprint density at radius 2 is 2.50 bits per heavy atom. The number of rotatable bonds is 4. The van der Waals surface area contributed by atoms with E-state index < -0.39 is 5.97 Å². The zero-order valence-corrected chi connectivity index (χ0v) is 10.6. The van der Waals surface area contributed by atoms with E-state index in [2.05, 4.69) is 15.2 Å². The van der Waals surface area contributed by atoms with Gasteiger partial charge in [-0.05, 0) is 38.4 Å². The minimum absolute atomic E-state index is 0.294. The molecule has 0 saturated carbocycles. The van der Waals surface area contributed by atoms with Crippen molar-refractivity contribution in [2.24, 2.45) is 5.92 Å². The molecule has 1 aromatic heterocycles. The normalized spacial score (nSPS) is 19.8. The van der Waals surface area contributed by atoms with Crippen LogP contribution in [0.4, 0.5) is 5.69 Å². The van der Waals surface area contributed by atoms with Crippen LogP contribution in [0.25, 0.3) is 0 Å². The van der Waals surface area contributed by atoms with E-state index in [1.807, 2.05) is 7.05 Å². The lowest BCUT2D eigenvalue weighted by Gasteiger charge is -2.35. The van der Waals surface area contributed by atoms with Gasteiger partial charge in [-0.2, -0.15) is 0 Å². The van der Waals surface area contributed by atoms with Crippen molar-refractivity contribution >= 4 is 11.7 Å². The molecule has 1 saturated heterocycles. The number of nitrogens with one attached hydrogen (secondary N) is 1. The van der Waals surface area contributed by atoms with Crippen molar-refractivity contribution in [2.45, 2.75) is 12.8 Å². The van der Waals surface area contributed by atoms with Crippen LogP contribution in [0.2, 0.25) is 0 Å². The summed E-state index contributed by atoms with van der Waals surface area (Å²) < 4.78 is 0. The molecule has 1 aliphatic heterocycles. The Labute approximate surface area is 107 Å². The molecule has 0 radical (unpaired) electrons. The number of pyridine rings is 1. The van der Waals surface area contributed by atoms with Crippen LogP contribution in [-0.4, -0.2) is 42.7 Å². The van der Waals surface area contributed by atoms with Crippen molar-refractivity contribution in [3.8, 4) is 0 Å². The molecule has 1 aromatic rings. The molecule has 1 atom stereocenters. The Bertz CT molecular complexity index is 420. The molecule has 2 rings (SSSR count). The van der Waals surface area contributed by atoms with Crippen LogP contribution in [0.3, 0.4) is 0 Å². The maximum Gasteiger partial charge on any atom is 0.339 e. The third-order valence-corrected chi connectivity index (χ3v) is 3.38. The molecule has 1 unspecified atom stereocenters. The minimum Gasteiger partial charge on any atom is -0.478 e. The highest BCUT2D eigenvalue weighted by atomic mass is 16.4. The van der Waals surface area contributed by atoms with Crippen LogP contribution in [0.1, 0.15) is 23.2 Å². The molecule has 5 nitrogen and oxygen atoms in total. The number of piperidine rings is 1. The summed E-state index contributed by atoms with van der Waals surface area (Å²) in [6.45, 7) is 2.81. The number of carboxylic acid groups (broad SMARTS) is 1. The monoisotopic (exact) mass is 249 g/mol. The molecule has 2 heterocycles. The lowest BCUT2D eigenvalue weighted by Crippen LogP contribution is -2.39. The summed E-state index contributed by atoms with van der Waals surface area (Å²) in [7, 11) is 1.95. The van der Waals surface area contributed by atoms with Crippen LogP contribution in [-0.2, 0) is 0 Å². The minimum atomic E-state index is -0.908. The largest absolute Gasteiger partial charge is 0.478 e. The first-order chi connectivity index (χ1) is 8.72. The van der Waals surface area contributed by atoms with Crippen molar-refractivity contribution in [3.63, 3.8) is 0 Å². The van der Waals surface area contributed by atoms with E-state index >= 15 is 0 Å². The molecule has 1 fully saturated rings. The number of hydrogen-bond acceptors (Lipinski definition) is 4. The summed E-state index contributed by atoms with van der Waals surface area (Å²) in [5.74, 6) is -0.326.